The summed E-state index contributed by atoms with van der Waals surface area (Å²) in [6.07, 6.45) is 34.0. The molecule has 63 heavy (non-hydrogen) atoms. The average molecular weight is 895 g/mol. The molecule has 0 fully saturated rings. The van der Waals surface area contributed by atoms with E-state index < -0.39 is 6.16 Å². The molecule has 0 aromatic carbocycles. The highest BCUT2D eigenvalue weighted by Gasteiger charge is 2.21. The van der Waals surface area contributed by atoms with Crippen LogP contribution in [0.3, 0.4) is 0 Å². The number of esters is 2. The van der Waals surface area contributed by atoms with E-state index in [1.807, 2.05) is 0 Å². The van der Waals surface area contributed by atoms with Crippen molar-refractivity contribution >= 4 is 18.1 Å². The molecule has 0 saturated heterocycles. The Bertz CT molecular complexity index is 1010. The van der Waals surface area contributed by atoms with Gasteiger partial charge >= 0.3 is 18.1 Å². The third kappa shape index (κ3) is 38.0. The molecule has 0 aliphatic rings. The Kier molecular flexibility index (Phi) is 45.3. The van der Waals surface area contributed by atoms with E-state index in [1.165, 1.54) is 103 Å². The van der Waals surface area contributed by atoms with E-state index >= 15 is 0 Å². The van der Waals surface area contributed by atoms with Crippen LogP contribution >= 0.6 is 0 Å². The molecule has 0 spiro atoms. The van der Waals surface area contributed by atoms with Crippen LogP contribution in [0.2, 0.25) is 0 Å². The van der Waals surface area contributed by atoms with Gasteiger partial charge in [0.05, 0.1) is 25.0 Å². The third-order valence-corrected chi connectivity index (χ3v) is 13.1. The number of ether oxygens (including phenoxy) is 4. The fraction of sp³-hybridized carbons (Fsp3) is 0.944. The first-order valence-electron chi connectivity index (χ1n) is 27.4. The topological polar surface area (TPSA) is 94.6 Å². The normalized spacial score (nSPS) is 13.0. The summed E-state index contributed by atoms with van der Waals surface area (Å²) in [5, 5.41) is 0. The quantitative estimate of drug-likeness (QED) is 0.0336. The maximum atomic E-state index is 13.2. The van der Waals surface area contributed by atoms with E-state index in [-0.39, 0.29) is 29.9 Å². The van der Waals surface area contributed by atoms with Gasteiger partial charge in [0, 0.05) is 19.6 Å². The average Bonchev–Trinajstić information content (AvgIpc) is 3.28. The van der Waals surface area contributed by atoms with Gasteiger partial charge in [-0.3, -0.25) is 14.5 Å². The van der Waals surface area contributed by atoms with Crippen molar-refractivity contribution in [2.45, 2.75) is 260 Å². The van der Waals surface area contributed by atoms with Gasteiger partial charge in [-0.25, -0.2) is 4.79 Å². The molecule has 0 saturated carbocycles. The van der Waals surface area contributed by atoms with Gasteiger partial charge in [0.15, 0.2) is 0 Å². The predicted octanol–water partition coefficient (Wildman–Crippen LogP) is 15.1. The summed E-state index contributed by atoms with van der Waals surface area (Å²) in [6.45, 7) is 22.3. The van der Waals surface area contributed by atoms with Crippen LogP contribution < -0.4 is 0 Å². The smallest absolute Gasteiger partial charge is 0.465 e. The first kappa shape index (κ1) is 61.1. The zero-order chi connectivity index (χ0) is 46.4. The van der Waals surface area contributed by atoms with Gasteiger partial charge in [0.1, 0.15) is 12.7 Å². The Morgan fingerprint density at radius 2 is 0.683 bits per heavy atom. The zero-order valence-corrected chi connectivity index (χ0v) is 43.0. The van der Waals surface area contributed by atoms with Crippen LogP contribution in [0, 0.1) is 11.8 Å². The fourth-order valence-corrected chi connectivity index (χ4v) is 8.56. The number of nitrogens with zero attached hydrogens (tertiary/aromatic N) is 2. The molecule has 0 radical (unpaired) electrons. The van der Waals surface area contributed by atoms with Crippen LogP contribution in [0.1, 0.15) is 254 Å². The highest BCUT2D eigenvalue weighted by molar-refractivity contribution is 5.72. The lowest BCUT2D eigenvalue weighted by Crippen LogP contribution is -2.37. The van der Waals surface area contributed by atoms with Gasteiger partial charge in [0.2, 0.25) is 0 Å². The lowest BCUT2D eigenvalue weighted by atomic mass is 9.94. The van der Waals surface area contributed by atoms with E-state index in [0.29, 0.717) is 32.8 Å². The monoisotopic (exact) mass is 895 g/mol. The molecule has 0 rings (SSSR count). The van der Waals surface area contributed by atoms with Crippen molar-refractivity contribution in [3.05, 3.63) is 0 Å². The first-order chi connectivity index (χ1) is 30.8. The molecule has 0 amide bonds. The first-order valence-corrected chi connectivity index (χ1v) is 27.4. The molecule has 0 bridgehead atoms. The van der Waals surface area contributed by atoms with Gasteiger partial charge < -0.3 is 23.8 Å². The molecule has 9 heteroatoms. The van der Waals surface area contributed by atoms with Crippen molar-refractivity contribution in [1.29, 1.82) is 0 Å². The van der Waals surface area contributed by atoms with E-state index in [2.05, 4.69) is 58.3 Å². The number of carbonyl (C=O) groups is 3. The molecular formula is C54H106N2O7. The SMILES string of the molecule is CCCCCCCCC(CCCCCC)C(=O)OCCCCCCC(CCCCOC(=O)C(CCCCCC)CCCCCCCC)OC(=O)OCCN(CC)CCN(CC)CC. The maximum Gasteiger partial charge on any atom is 0.508 e. The zero-order valence-electron chi connectivity index (χ0n) is 43.0. The Labute approximate surface area is 391 Å². The molecular weight excluding hydrogens is 789 g/mol. The highest BCUT2D eigenvalue weighted by atomic mass is 16.7. The number of hydrogen-bond acceptors (Lipinski definition) is 9. The summed E-state index contributed by atoms with van der Waals surface area (Å²) in [5.74, 6) is 0.0174. The molecule has 374 valence electrons. The van der Waals surface area contributed by atoms with Crippen molar-refractivity contribution in [3.63, 3.8) is 0 Å². The summed E-state index contributed by atoms with van der Waals surface area (Å²) in [5.41, 5.74) is 0. The predicted molar refractivity (Wildman–Crippen MR) is 265 cm³/mol. The number of likely N-dealkylation sites (N-methyl/N-ethyl adjacent to an activating group) is 2. The summed E-state index contributed by atoms with van der Waals surface area (Å²) < 4.78 is 23.3. The van der Waals surface area contributed by atoms with Gasteiger partial charge in [-0.15, -0.1) is 0 Å². The van der Waals surface area contributed by atoms with Crippen molar-refractivity contribution < 1.29 is 33.3 Å². The second-order valence-corrected chi connectivity index (χ2v) is 18.5. The van der Waals surface area contributed by atoms with Crippen LogP contribution in [0.25, 0.3) is 0 Å². The van der Waals surface area contributed by atoms with Crippen LogP contribution in [-0.2, 0) is 28.5 Å². The molecule has 0 aliphatic heterocycles. The number of carbonyl (C=O) groups excluding carboxylic acids is 3. The summed E-state index contributed by atoms with van der Waals surface area (Å²) in [7, 11) is 0. The van der Waals surface area contributed by atoms with E-state index in [0.717, 1.165) is 129 Å². The van der Waals surface area contributed by atoms with E-state index in [9.17, 15) is 14.4 Å². The maximum absolute atomic E-state index is 13.2. The number of rotatable bonds is 48. The molecule has 9 nitrogen and oxygen atoms in total. The molecule has 0 aliphatic carbocycles. The summed E-state index contributed by atoms with van der Waals surface area (Å²) >= 11 is 0. The Morgan fingerprint density at radius 3 is 1.11 bits per heavy atom. The van der Waals surface area contributed by atoms with Crippen molar-refractivity contribution in [1.82, 2.24) is 9.80 Å². The molecule has 0 heterocycles. The van der Waals surface area contributed by atoms with Gasteiger partial charge in [-0.2, -0.15) is 0 Å². The van der Waals surface area contributed by atoms with Crippen molar-refractivity contribution in [2.24, 2.45) is 11.8 Å². The standard InChI is InChI=1S/C54H106N2O7/c1-8-15-19-23-25-31-39-49(37-29-21-17-10-3)52(57)60-46-35-28-27-33-41-51(63-54(59)62-48-45-56(14-7)44-43-55(12-5)13-6)42-34-36-47-61-53(58)50(38-30-22-18-11-4)40-32-26-24-20-16-9-2/h49-51H,8-48H2,1-7H3. The minimum absolute atomic E-state index is 0.00367. The highest BCUT2D eigenvalue weighted by Crippen LogP contribution is 2.23. The fourth-order valence-electron chi connectivity index (χ4n) is 8.56. The number of unbranched alkanes of at least 4 members (excludes halogenated alkanes) is 20. The van der Waals surface area contributed by atoms with Gasteiger partial charge in [-0.05, 0) is 83.8 Å². The summed E-state index contributed by atoms with van der Waals surface area (Å²) in [4.78, 5) is 44.0. The Hall–Kier alpha value is -1.87. The Balaban J connectivity index is 5.07. The van der Waals surface area contributed by atoms with Crippen molar-refractivity contribution in [3.8, 4) is 0 Å². The van der Waals surface area contributed by atoms with E-state index in [4.69, 9.17) is 18.9 Å². The van der Waals surface area contributed by atoms with Gasteiger partial charge in [-0.1, -0.05) is 190 Å². The Morgan fingerprint density at radius 1 is 0.349 bits per heavy atom. The van der Waals surface area contributed by atoms with E-state index in [1.54, 1.807) is 0 Å². The minimum Gasteiger partial charge on any atom is -0.465 e. The van der Waals surface area contributed by atoms with Crippen LogP contribution in [0.4, 0.5) is 4.79 Å². The molecule has 0 N–H and O–H groups in total. The number of hydrogen-bond donors (Lipinski definition) is 0. The summed E-state index contributed by atoms with van der Waals surface area (Å²) in [6, 6.07) is 0. The molecule has 0 aromatic rings. The van der Waals surface area contributed by atoms with Crippen molar-refractivity contribution in [2.75, 3.05) is 59.1 Å². The lowest BCUT2D eigenvalue weighted by Gasteiger charge is -2.25. The van der Waals surface area contributed by atoms with Crippen LogP contribution in [0.5, 0.6) is 0 Å². The molecule has 3 atom stereocenters. The third-order valence-electron chi connectivity index (χ3n) is 13.1. The molecule has 3 unspecified atom stereocenters. The van der Waals surface area contributed by atoms with Crippen LogP contribution in [0.15, 0.2) is 0 Å². The van der Waals surface area contributed by atoms with Crippen LogP contribution in [-0.4, -0.2) is 93.1 Å². The lowest BCUT2D eigenvalue weighted by molar-refractivity contribution is -0.150. The second-order valence-electron chi connectivity index (χ2n) is 18.5. The van der Waals surface area contributed by atoms with Gasteiger partial charge in [0.25, 0.3) is 0 Å². The minimum atomic E-state index is -0.594. The molecule has 0 aromatic heterocycles. The second kappa shape index (κ2) is 46.7. The largest absolute Gasteiger partial charge is 0.508 e.